The minimum absolute atomic E-state index is 0.0938. The van der Waals surface area contributed by atoms with Crippen LogP contribution in [0.2, 0.25) is 0 Å². The summed E-state index contributed by atoms with van der Waals surface area (Å²) in [5.74, 6) is -1.37. The van der Waals surface area contributed by atoms with E-state index in [4.69, 9.17) is 24.7 Å². The predicted molar refractivity (Wildman–Crippen MR) is 124 cm³/mol. The van der Waals surface area contributed by atoms with Crippen molar-refractivity contribution < 1.29 is 33.3 Å². The molecule has 34 heavy (non-hydrogen) atoms. The Morgan fingerprint density at radius 3 is 2.47 bits per heavy atom. The normalized spacial score (nSPS) is 15.5. The van der Waals surface area contributed by atoms with Crippen LogP contribution in [0.3, 0.4) is 0 Å². The molecule has 0 saturated heterocycles. The van der Waals surface area contributed by atoms with Gasteiger partial charge < -0.3 is 29.6 Å². The van der Waals surface area contributed by atoms with E-state index in [-0.39, 0.29) is 32.5 Å². The van der Waals surface area contributed by atoms with E-state index in [9.17, 15) is 14.4 Å². The highest BCUT2D eigenvalue weighted by Gasteiger charge is 2.52. The summed E-state index contributed by atoms with van der Waals surface area (Å²) in [6, 6.07) is 14.0. The fourth-order valence-electron chi connectivity index (χ4n) is 3.88. The number of ether oxygens (including phenoxy) is 4. The summed E-state index contributed by atoms with van der Waals surface area (Å²) in [6.45, 7) is 5.99. The molecule has 3 rings (SSSR count). The Labute approximate surface area is 198 Å². The van der Waals surface area contributed by atoms with Crippen LogP contribution in [0.25, 0.3) is 0 Å². The van der Waals surface area contributed by atoms with E-state index < -0.39 is 23.4 Å². The lowest BCUT2D eigenvalue weighted by molar-refractivity contribution is -0.179. The van der Waals surface area contributed by atoms with Crippen LogP contribution in [0.1, 0.15) is 42.6 Å². The summed E-state index contributed by atoms with van der Waals surface area (Å²) in [5, 5.41) is 0. The first-order chi connectivity index (χ1) is 16.3. The molecule has 182 valence electrons. The van der Waals surface area contributed by atoms with Crippen molar-refractivity contribution in [1.82, 2.24) is 4.90 Å². The average molecular weight is 471 g/mol. The second kappa shape index (κ2) is 11.0. The van der Waals surface area contributed by atoms with Gasteiger partial charge in [-0.2, -0.15) is 0 Å². The number of carbonyl (C=O) groups is 3. The SMILES string of the molecule is CCOC(=O)C(OCC)(C(N)=O)C(C)c1ccc(OCCN2COc3ccccc3C2=O)cc1. The maximum Gasteiger partial charge on any atom is 0.349 e. The Morgan fingerprint density at radius 2 is 1.82 bits per heavy atom. The van der Waals surface area contributed by atoms with Gasteiger partial charge in [-0.15, -0.1) is 0 Å². The Hall–Kier alpha value is -3.59. The predicted octanol–water partition coefficient (Wildman–Crippen LogP) is 2.48. The number of amides is 2. The van der Waals surface area contributed by atoms with Crippen molar-refractivity contribution in [1.29, 1.82) is 0 Å². The van der Waals surface area contributed by atoms with E-state index in [1.807, 2.05) is 6.07 Å². The Balaban J connectivity index is 1.64. The molecular formula is C25H30N2O7. The lowest BCUT2D eigenvalue weighted by Crippen LogP contribution is -2.57. The first-order valence-electron chi connectivity index (χ1n) is 11.2. The molecule has 0 saturated carbocycles. The minimum atomic E-state index is -1.93. The van der Waals surface area contributed by atoms with Crippen LogP contribution in [0, 0.1) is 0 Å². The van der Waals surface area contributed by atoms with Crippen molar-refractivity contribution in [2.24, 2.45) is 5.73 Å². The van der Waals surface area contributed by atoms with Gasteiger partial charge in [-0.25, -0.2) is 4.79 Å². The molecule has 0 bridgehead atoms. The van der Waals surface area contributed by atoms with Crippen molar-refractivity contribution in [2.45, 2.75) is 32.3 Å². The van der Waals surface area contributed by atoms with Gasteiger partial charge in [0.2, 0.25) is 5.60 Å². The van der Waals surface area contributed by atoms with Crippen LogP contribution in [0.5, 0.6) is 11.5 Å². The highest BCUT2D eigenvalue weighted by molar-refractivity contribution is 6.06. The standard InChI is InChI=1S/C25H30N2O7/c1-4-31-24(30)25(23(26)29,34-5-2)17(3)18-10-12-19(13-11-18)32-15-14-27-16-33-21-9-7-6-8-20(21)22(27)28/h6-13,17H,4-5,14-16H2,1-3H3,(H2,26,29). The van der Waals surface area contributed by atoms with Crippen molar-refractivity contribution in [2.75, 3.05) is 33.1 Å². The Kier molecular flexibility index (Phi) is 8.12. The van der Waals surface area contributed by atoms with Crippen molar-refractivity contribution in [3.63, 3.8) is 0 Å². The maximum atomic E-state index is 12.7. The quantitative estimate of drug-likeness (QED) is 0.396. The molecule has 0 fully saturated rings. The first-order valence-corrected chi connectivity index (χ1v) is 11.2. The third kappa shape index (κ3) is 4.99. The number of benzene rings is 2. The van der Waals surface area contributed by atoms with Gasteiger partial charge in [0.1, 0.15) is 18.1 Å². The second-order valence-electron chi connectivity index (χ2n) is 7.73. The van der Waals surface area contributed by atoms with Gasteiger partial charge in [-0.3, -0.25) is 9.59 Å². The number of esters is 1. The molecule has 2 aromatic rings. The van der Waals surface area contributed by atoms with Crippen molar-refractivity contribution >= 4 is 17.8 Å². The monoisotopic (exact) mass is 470 g/mol. The molecule has 2 unspecified atom stereocenters. The number of rotatable bonds is 11. The number of hydrogen-bond donors (Lipinski definition) is 1. The third-order valence-electron chi connectivity index (χ3n) is 5.72. The summed E-state index contributed by atoms with van der Waals surface area (Å²) in [4.78, 5) is 39.1. The molecule has 2 aromatic carbocycles. The topological polar surface area (TPSA) is 117 Å². The van der Waals surface area contributed by atoms with Crippen molar-refractivity contribution in [3.8, 4) is 11.5 Å². The molecule has 0 aromatic heterocycles. The van der Waals surface area contributed by atoms with Gasteiger partial charge >= 0.3 is 5.97 Å². The highest BCUT2D eigenvalue weighted by atomic mass is 16.6. The molecule has 1 aliphatic rings. The van der Waals surface area contributed by atoms with E-state index in [1.165, 1.54) is 0 Å². The number of primary amides is 1. The zero-order valence-corrected chi connectivity index (χ0v) is 19.6. The smallest absolute Gasteiger partial charge is 0.349 e. The molecule has 0 aliphatic carbocycles. The second-order valence-corrected chi connectivity index (χ2v) is 7.73. The highest BCUT2D eigenvalue weighted by Crippen LogP contribution is 2.34. The fraction of sp³-hybridized carbons (Fsp3) is 0.400. The van der Waals surface area contributed by atoms with Crippen LogP contribution >= 0.6 is 0 Å². The van der Waals surface area contributed by atoms with E-state index in [0.29, 0.717) is 29.2 Å². The average Bonchev–Trinajstić information content (AvgIpc) is 2.84. The lowest BCUT2D eigenvalue weighted by atomic mass is 9.82. The summed E-state index contributed by atoms with van der Waals surface area (Å²) in [5.41, 5.74) is 4.86. The maximum absolute atomic E-state index is 12.7. The van der Waals surface area contributed by atoms with E-state index in [2.05, 4.69) is 0 Å². The Bertz CT molecular complexity index is 1020. The molecule has 0 spiro atoms. The summed E-state index contributed by atoms with van der Waals surface area (Å²) >= 11 is 0. The minimum Gasteiger partial charge on any atom is -0.492 e. The zero-order chi connectivity index (χ0) is 24.7. The van der Waals surface area contributed by atoms with Gasteiger partial charge in [0.25, 0.3) is 11.8 Å². The number of hydrogen-bond acceptors (Lipinski definition) is 7. The number of nitrogens with two attached hydrogens (primary N) is 1. The molecular weight excluding hydrogens is 440 g/mol. The number of nitrogens with zero attached hydrogens (tertiary/aromatic N) is 1. The van der Waals surface area contributed by atoms with E-state index >= 15 is 0 Å². The molecule has 9 heteroatoms. The van der Waals surface area contributed by atoms with Gasteiger partial charge in [-0.1, -0.05) is 31.2 Å². The summed E-state index contributed by atoms with van der Waals surface area (Å²) in [7, 11) is 0. The van der Waals surface area contributed by atoms with Gasteiger partial charge in [-0.05, 0) is 43.7 Å². The number of carbonyl (C=O) groups excluding carboxylic acids is 3. The van der Waals surface area contributed by atoms with Gasteiger partial charge in [0, 0.05) is 12.5 Å². The summed E-state index contributed by atoms with van der Waals surface area (Å²) < 4.78 is 22.1. The van der Waals surface area contributed by atoms with Crippen LogP contribution < -0.4 is 15.2 Å². The molecule has 2 N–H and O–H groups in total. The molecule has 9 nitrogen and oxygen atoms in total. The van der Waals surface area contributed by atoms with Gasteiger partial charge in [0.05, 0.1) is 18.7 Å². The van der Waals surface area contributed by atoms with Crippen molar-refractivity contribution in [3.05, 3.63) is 59.7 Å². The number of fused-ring (bicyclic) bond motifs is 1. The first kappa shape index (κ1) is 25.0. The molecule has 1 heterocycles. The molecule has 1 aliphatic heterocycles. The summed E-state index contributed by atoms with van der Waals surface area (Å²) in [6.07, 6.45) is 0. The van der Waals surface area contributed by atoms with Crippen LogP contribution in [-0.2, 0) is 19.1 Å². The van der Waals surface area contributed by atoms with Crippen LogP contribution in [0.4, 0.5) is 0 Å². The van der Waals surface area contributed by atoms with Gasteiger partial charge in [0.15, 0.2) is 6.73 Å². The van der Waals surface area contributed by atoms with E-state index in [1.54, 1.807) is 68.1 Å². The van der Waals surface area contributed by atoms with Crippen LogP contribution in [0.15, 0.2) is 48.5 Å². The largest absolute Gasteiger partial charge is 0.492 e. The Morgan fingerprint density at radius 1 is 1.12 bits per heavy atom. The molecule has 0 radical (unpaired) electrons. The molecule has 2 amide bonds. The third-order valence-corrected chi connectivity index (χ3v) is 5.72. The van der Waals surface area contributed by atoms with Crippen LogP contribution in [-0.4, -0.2) is 61.4 Å². The zero-order valence-electron chi connectivity index (χ0n) is 19.6. The molecule has 2 atom stereocenters. The van der Waals surface area contributed by atoms with E-state index in [0.717, 1.165) is 0 Å². The fourth-order valence-corrected chi connectivity index (χ4v) is 3.88. The lowest BCUT2D eigenvalue weighted by Gasteiger charge is -2.33. The number of para-hydroxylation sites is 1.